The summed E-state index contributed by atoms with van der Waals surface area (Å²) in [6, 6.07) is 0. The van der Waals surface area contributed by atoms with Crippen LogP contribution in [0.2, 0.25) is 0 Å². The van der Waals surface area contributed by atoms with Gasteiger partial charge in [-0.1, -0.05) is 0 Å². The predicted octanol–water partition coefficient (Wildman–Crippen LogP) is 0.650. The fraction of sp³-hybridized carbons (Fsp3) is 0.167. The first kappa shape index (κ1) is 10.8. The summed E-state index contributed by atoms with van der Waals surface area (Å²) in [5.74, 6) is 0.496. The smallest absolute Gasteiger partial charge is 0 e. The van der Waals surface area contributed by atoms with Gasteiger partial charge >= 0.3 is 79.1 Å². The van der Waals surface area contributed by atoms with Gasteiger partial charge in [0.1, 0.15) is 0 Å². The number of aryl methyl sites for hydroxylation is 1. The molecular weight excluding hydrogens is 510 g/mol. The molecule has 0 bridgehead atoms. The van der Waals surface area contributed by atoms with Gasteiger partial charge in [-0.3, -0.25) is 0 Å². The third kappa shape index (κ3) is 1.97. The molecule has 0 N–H and O–H groups in total. The Morgan fingerprint density at radius 2 is 2.23 bits per heavy atom. The Bertz CT molecular complexity index is 438. The first-order chi connectivity index (χ1) is 5.81. The fourth-order valence-corrected chi connectivity index (χ4v) is 1.25. The summed E-state index contributed by atoms with van der Waals surface area (Å²) in [5.41, 5.74) is 2.22. The summed E-state index contributed by atoms with van der Waals surface area (Å²) in [5, 5.41) is 0. The van der Waals surface area contributed by atoms with E-state index >= 15 is 0 Å². The van der Waals surface area contributed by atoms with Crippen LogP contribution in [-0.2, 0) is 40.7 Å². The van der Waals surface area contributed by atoms with Gasteiger partial charge in [-0.05, 0) is 0 Å². The molecule has 2 aromatic heterocycles. The average Bonchev–Trinajstić information content (AvgIpc) is 2.52. The summed E-state index contributed by atoms with van der Waals surface area (Å²) >= 11 is 1.09. The van der Waals surface area contributed by atoms with Gasteiger partial charge in [0.2, 0.25) is 0 Å². The molecule has 0 aliphatic rings. The SMILES string of the molecule is Cc1nc([N]=[W])nc2[n-]cnc12.[W]. The van der Waals surface area contributed by atoms with Crippen molar-refractivity contribution in [1.82, 2.24) is 19.9 Å². The zero-order valence-electron chi connectivity index (χ0n) is 6.63. The van der Waals surface area contributed by atoms with Crippen LogP contribution in [0, 0.1) is 6.92 Å². The molecule has 0 atom stereocenters. The molecular formula is C6H4N5W2-. The van der Waals surface area contributed by atoms with E-state index in [1.165, 1.54) is 6.33 Å². The van der Waals surface area contributed by atoms with E-state index in [2.05, 4.69) is 23.4 Å². The third-order valence-corrected chi connectivity index (χ3v) is 2.06. The van der Waals surface area contributed by atoms with Crippen molar-refractivity contribution in [3.8, 4) is 0 Å². The molecule has 0 aromatic carbocycles. The van der Waals surface area contributed by atoms with Crippen LogP contribution >= 0.6 is 0 Å². The number of aromatic nitrogens is 4. The van der Waals surface area contributed by atoms with E-state index in [9.17, 15) is 0 Å². The predicted molar refractivity (Wildman–Crippen MR) is 37.5 cm³/mol. The summed E-state index contributed by atoms with van der Waals surface area (Å²) in [7, 11) is 0. The number of fused-ring (bicyclic) bond motifs is 1. The molecule has 7 heteroatoms. The van der Waals surface area contributed by atoms with E-state index in [-0.39, 0.29) is 21.1 Å². The summed E-state index contributed by atoms with van der Waals surface area (Å²) < 4.78 is 3.95. The first-order valence-corrected chi connectivity index (χ1v) is 4.58. The molecule has 2 rings (SSSR count). The molecule has 0 unspecified atom stereocenters. The van der Waals surface area contributed by atoms with Crippen LogP contribution in [0.15, 0.2) is 9.82 Å². The Kier molecular flexibility index (Phi) is 3.57. The topological polar surface area (TPSA) is 65.1 Å². The average molecular weight is 514 g/mol. The number of imidazole rings is 1. The van der Waals surface area contributed by atoms with Crippen LogP contribution in [0.25, 0.3) is 11.2 Å². The quantitative estimate of drug-likeness (QED) is 0.562. The maximum absolute atomic E-state index is 4.13. The minimum absolute atomic E-state index is 0. The largest absolute Gasteiger partial charge is 0 e. The van der Waals surface area contributed by atoms with Crippen molar-refractivity contribution < 1.29 is 40.7 Å². The van der Waals surface area contributed by atoms with E-state index in [1.807, 2.05) is 6.92 Å². The number of nitrogens with zero attached hydrogens (tertiary/aromatic N) is 5. The molecule has 5 nitrogen and oxygen atoms in total. The van der Waals surface area contributed by atoms with Crippen LogP contribution in [0.3, 0.4) is 0 Å². The first-order valence-electron chi connectivity index (χ1n) is 3.26. The molecule has 0 fully saturated rings. The molecule has 2 aromatic rings. The summed E-state index contributed by atoms with van der Waals surface area (Å²) in [6.07, 6.45) is 1.48. The fourth-order valence-electron chi connectivity index (χ4n) is 0.961. The number of hydrogen-bond acceptors (Lipinski definition) is 4. The van der Waals surface area contributed by atoms with Crippen LogP contribution in [0.4, 0.5) is 5.95 Å². The molecule has 0 amide bonds. The monoisotopic (exact) mass is 514 g/mol. The van der Waals surface area contributed by atoms with Gasteiger partial charge in [-0.2, -0.15) is 0 Å². The van der Waals surface area contributed by atoms with Crippen molar-refractivity contribution in [3.63, 3.8) is 0 Å². The molecule has 0 radical (unpaired) electrons. The molecule has 0 aliphatic carbocycles. The normalized spacial score (nSPS) is 9.62. The zero-order chi connectivity index (χ0) is 8.55. The zero-order valence-corrected chi connectivity index (χ0v) is 12.5. The molecule has 0 saturated heterocycles. The molecule has 0 saturated carbocycles. The maximum atomic E-state index is 4.13. The number of rotatable bonds is 1. The van der Waals surface area contributed by atoms with E-state index in [0.29, 0.717) is 11.6 Å². The van der Waals surface area contributed by atoms with Crippen LogP contribution in [-0.4, -0.2) is 15.0 Å². The Labute approximate surface area is 99.8 Å². The molecule has 66 valence electrons. The third-order valence-electron chi connectivity index (χ3n) is 1.48. The van der Waals surface area contributed by atoms with Crippen molar-refractivity contribution in [3.05, 3.63) is 12.0 Å². The van der Waals surface area contributed by atoms with Crippen LogP contribution < -0.4 is 4.98 Å². The number of hydrogen-bond donors (Lipinski definition) is 0. The van der Waals surface area contributed by atoms with Gasteiger partial charge in [0, 0.05) is 21.1 Å². The van der Waals surface area contributed by atoms with E-state index in [4.69, 9.17) is 0 Å². The van der Waals surface area contributed by atoms with Gasteiger partial charge in [-0.25, -0.2) is 0 Å². The van der Waals surface area contributed by atoms with Crippen molar-refractivity contribution >= 4 is 17.1 Å². The summed E-state index contributed by atoms with van der Waals surface area (Å²) in [4.78, 5) is 16.2. The Morgan fingerprint density at radius 1 is 1.46 bits per heavy atom. The van der Waals surface area contributed by atoms with Crippen molar-refractivity contribution in [1.29, 1.82) is 0 Å². The van der Waals surface area contributed by atoms with Gasteiger partial charge in [0.15, 0.2) is 0 Å². The standard InChI is InChI=1S/C6H4N5.2W/c1-3-4-5(9-2-8-4)11-6(7)10-3;;/h2H,1H3;;/q-1;;. The minimum atomic E-state index is 0. The molecule has 0 aliphatic heterocycles. The van der Waals surface area contributed by atoms with Crippen LogP contribution in [0.5, 0.6) is 0 Å². The van der Waals surface area contributed by atoms with Gasteiger partial charge in [-0.15, -0.1) is 0 Å². The molecule has 0 spiro atoms. The summed E-state index contributed by atoms with van der Waals surface area (Å²) in [6.45, 7) is 1.88. The maximum Gasteiger partial charge on any atom is 0 e. The van der Waals surface area contributed by atoms with Crippen molar-refractivity contribution in [2.45, 2.75) is 6.92 Å². The second-order valence-corrected chi connectivity index (χ2v) is 2.90. The molecule has 13 heavy (non-hydrogen) atoms. The molecule has 2 heterocycles. The van der Waals surface area contributed by atoms with E-state index in [1.54, 1.807) is 0 Å². The van der Waals surface area contributed by atoms with Crippen molar-refractivity contribution in [2.75, 3.05) is 0 Å². The van der Waals surface area contributed by atoms with E-state index in [0.717, 1.165) is 30.8 Å². The van der Waals surface area contributed by atoms with Gasteiger partial charge in [0.05, 0.1) is 0 Å². The Balaban J connectivity index is 0.000000845. The second kappa shape index (κ2) is 4.29. The Hall–Kier alpha value is -0.273. The Morgan fingerprint density at radius 3 is 2.92 bits per heavy atom. The van der Waals surface area contributed by atoms with Crippen molar-refractivity contribution in [2.24, 2.45) is 3.50 Å². The van der Waals surface area contributed by atoms with Crippen LogP contribution in [0.1, 0.15) is 5.69 Å². The van der Waals surface area contributed by atoms with Gasteiger partial charge < -0.3 is 0 Å². The minimum Gasteiger partial charge on any atom is 0 e. The second-order valence-electron chi connectivity index (χ2n) is 2.25. The van der Waals surface area contributed by atoms with Gasteiger partial charge in [0.25, 0.3) is 0 Å². The van der Waals surface area contributed by atoms with E-state index < -0.39 is 0 Å².